The van der Waals surface area contributed by atoms with E-state index in [1.165, 1.54) is 5.56 Å². The molecule has 0 fully saturated rings. The molecule has 15 heavy (non-hydrogen) atoms. The molecular weight excluding hydrogens is 184 g/mol. The van der Waals surface area contributed by atoms with E-state index in [-0.39, 0.29) is 0 Å². The Hall–Kier alpha value is -0.860. The maximum atomic E-state index is 2.30. The molecule has 0 saturated carbocycles. The predicted octanol–water partition coefficient (Wildman–Crippen LogP) is 1.72. The smallest absolute Gasteiger partial charge is 0.0257 e. The van der Waals surface area contributed by atoms with Crippen molar-refractivity contribution in [3.63, 3.8) is 0 Å². The van der Waals surface area contributed by atoms with Crippen LogP contribution in [-0.4, -0.2) is 50.6 Å². The minimum absolute atomic E-state index is 0.586. The summed E-state index contributed by atoms with van der Waals surface area (Å²) in [7, 11) is 8.55. The largest absolute Gasteiger partial charge is 0.308 e. The molecule has 0 bridgehead atoms. The van der Waals surface area contributed by atoms with Crippen LogP contribution in [0, 0.1) is 0 Å². The van der Waals surface area contributed by atoms with Crippen LogP contribution in [0.5, 0.6) is 0 Å². The van der Waals surface area contributed by atoms with Gasteiger partial charge in [0.1, 0.15) is 0 Å². The first-order valence-electron chi connectivity index (χ1n) is 5.44. The molecule has 0 spiro atoms. The summed E-state index contributed by atoms with van der Waals surface area (Å²) in [6, 6.07) is 11.3. The van der Waals surface area contributed by atoms with Crippen LogP contribution in [0.15, 0.2) is 30.3 Å². The van der Waals surface area contributed by atoms with Crippen molar-refractivity contribution in [1.29, 1.82) is 0 Å². The third kappa shape index (κ3) is 4.45. The van der Waals surface area contributed by atoms with Crippen LogP contribution in [0.1, 0.15) is 5.56 Å². The third-order valence-electron chi connectivity index (χ3n) is 2.62. The Labute approximate surface area is 93.5 Å². The molecule has 1 rings (SSSR count). The molecule has 84 valence electrons. The van der Waals surface area contributed by atoms with Crippen LogP contribution < -0.4 is 0 Å². The van der Waals surface area contributed by atoms with Crippen molar-refractivity contribution in [1.82, 2.24) is 9.80 Å². The highest BCUT2D eigenvalue weighted by Gasteiger charge is 2.12. The zero-order valence-electron chi connectivity index (χ0n) is 10.3. The van der Waals surface area contributed by atoms with E-state index in [2.05, 4.69) is 68.3 Å². The van der Waals surface area contributed by atoms with E-state index in [0.29, 0.717) is 6.04 Å². The molecule has 1 aromatic rings. The first kappa shape index (κ1) is 12.2. The summed E-state index contributed by atoms with van der Waals surface area (Å²) >= 11 is 0. The topological polar surface area (TPSA) is 6.48 Å². The molecule has 0 saturated heterocycles. The van der Waals surface area contributed by atoms with Crippen LogP contribution in [0.25, 0.3) is 0 Å². The van der Waals surface area contributed by atoms with E-state index in [1.54, 1.807) is 0 Å². The zero-order chi connectivity index (χ0) is 11.3. The van der Waals surface area contributed by atoms with Crippen molar-refractivity contribution >= 4 is 0 Å². The minimum atomic E-state index is 0.586. The fraction of sp³-hybridized carbons (Fsp3) is 0.538. The molecule has 0 radical (unpaired) electrons. The van der Waals surface area contributed by atoms with Gasteiger partial charge in [-0.3, -0.25) is 0 Å². The molecule has 0 aliphatic carbocycles. The van der Waals surface area contributed by atoms with Crippen molar-refractivity contribution in [3.8, 4) is 0 Å². The van der Waals surface area contributed by atoms with E-state index < -0.39 is 0 Å². The van der Waals surface area contributed by atoms with Crippen LogP contribution in [0.4, 0.5) is 0 Å². The van der Waals surface area contributed by atoms with Crippen LogP contribution in [0.3, 0.4) is 0 Å². The second kappa shape index (κ2) is 5.89. The highest BCUT2D eigenvalue weighted by molar-refractivity contribution is 5.16. The molecule has 1 atom stereocenters. The molecule has 0 N–H and O–H groups in total. The van der Waals surface area contributed by atoms with E-state index in [1.807, 2.05) is 0 Å². The molecule has 1 aromatic carbocycles. The van der Waals surface area contributed by atoms with Gasteiger partial charge in [-0.2, -0.15) is 0 Å². The van der Waals surface area contributed by atoms with Crippen molar-refractivity contribution in [2.75, 3.05) is 34.7 Å². The Morgan fingerprint density at radius 2 is 1.60 bits per heavy atom. The van der Waals surface area contributed by atoms with Gasteiger partial charge in [0.05, 0.1) is 0 Å². The molecule has 0 aromatic heterocycles. The van der Waals surface area contributed by atoms with Gasteiger partial charge in [-0.15, -0.1) is 0 Å². The Balaban J connectivity index is 2.59. The average Bonchev–Trinajstić information content (AvgIpc) is 2.17. The predicted molar refractivity (Wildman–Crippen MR) is 66.2 cm³/mol. The monoisotopic (exact) mass is 206 g/mol. The normalized spacial score (nSPS) is 13.5. The molecule has 2 nitrogen and oxygen atoms in total. The van der Waals surface area contributed by atoms with Crippen molar-refractivity contribution in [2.45, 2.75) is 12.5 Å². The fourth-order valence-electron chi connectivity index (χ4n) is 1.72. The Kier molecular flexibility index (Phi) is 4.79. The van der Waals surface area contributed by atoms with Gasteiger partial charge in [-0.05, 0) is 40.2 Å². The first-order valence-corrected chi connectivity index (χ1v) is 5.44. The SMILES string of the molecule is CN(C)CC(Cc1ccccc1)N(C)C. The molecule has 0 aliphatic heterocycles. The van der Waals surface area contributed by atoms with E-state index in [0.717, 1.165) is 13.0 Å². The van der Waals surface area contributed by atoms with E-state index in [4.69, 9.17) is 0 Å². The summed E-state index contributed by atoms with van der Waals surface area (Å²) in [5.41, 5.74) is 1.41. The molecule has 0 aliphatic rings. The van der Waals surface area contributed by atoms with Crippen molar-refractivity contribution in [2.24, 2.45) is 0 Å². The Morgan fingerprint density at radius 3 is 2.07 bits per heavy atom. The van der Waals surface area contributed by atoms with Gasteiger partial charge in [0, 0.05) is 12.6 Å². The molecule has 2 heteroatoms. The van der Waals surface area contributed by atoms with Gasteiger partial charge >= 0.3 is 0 Å². The maximum absolute atomic E-state index is 2.30. The van der Waals surface area contributed by atoms with Gasteiger partial charge < -0.3 is 9.80 Å². The Bertz CT molecular complexity index is 267. The summed E-state index contributed by atoms with van der Waals surface area (Å²) < 4.78 is 0. The van der Waals surface area contributed by atoms with Gasteiger partial charge in [-0.25, -0.2) is 0 Å². The second-order valence-electron chi connectivity index (χ2n) is 4.57. The number of rotatable bonds is 5. The standard InChI is InChI=1S/C13H22N2/c1-14(2)11-13(15(3)4)10-12-8-6-5-7-9-12/h5-9,13H,10-11H2,1-4H3. The van der Waals surface area contributed by atoms with Gasteiger partial charge in [0.25, 0.3) is 0 Å². The fourth-order valence-corrected chi connectivity index (χ4v) is 1.72. The maximum Gasteiger partial charge on any atom is 0.0257 e. The van der Waals surface area contributed by atoms with Crippen LogP contribution >= 0.6 is 0 Å². The lowest BCUT2D eigenvalue weighted by molar-refractivity contribution is 0.227. The lowest BCUT2D eigenvalue weighted by Crippen LogP contribution is -2.38. The summed E-state index contributed by atoms with van der Waals surface area (Å²) in [4.78, 5) is 4.54. The quantitative estimate of drug-likeness (QED) is 0.724. The van der Waals surface area contributed by atoms with E-state index >= 15 is 0 Å². The molecular formula is C13H22N2. The zero-order valence-corrected chi connectivity index (χ0v) is 10.3. The molecule has 0 amide bonds. The highest BCUT2D eigenvalue weighted by atomic mass is 15.2. The summed E-state index contributed by atoms with van der Waals surface area (Å²) in [5.74, 6) is 0. The number of likely N-dealkylation sites (N-methyl/N-ethyl adjacent to an activating group) is 2. The van der Waals surface area contributed by atoms with Gasteiger partial charge in [0.2, 0.25) is 0 Å². The second-order valence-corrected chi connectivity index (χ2v) is 4.57. The summed E-state index contributed by atoms with van der Waals surface area (Å²) in [6.45, 7) is 1.10. The number of hydrogen-bond donors (Lipinski definition) is 0. The average molecular weight is 206 g/mol. The molecule has 0 heterocycles. The van der Waals surface area contributed by atoms with Crippen LogP contribution in [-0.2, 0) is 6.42 Å². The van der Waals surface area contributed by atoms with Gasteiger partial charge in [-0.1, -0.05) is 30.3 Å². The lowest BCUT2D eigenvalue weighted by atomic mass is 10.1. The minimum Gasteiger partial charge on any atom is -0.308 e. The summed E-state index contributed by atoms with van der Waals surface area (Å²) in [6.07, 6.45) is 1.12. The van der Waals surface area contributed by atoms with Gasteiger partial charge in [0.15, 0.2) is 0 Å². The molecule has 1 unspecified atom stereocenters. The van der Waals surface area contributed by atoms with E-state index in [9.17, 15) is 0 Å². The Morgan fingerprint density at radius 1 is 1.00 bits per heavy atom. The first-order chi connectivity index (χ1) is 7.09. The summed E-state index contributed by atoms with van der Waals surface area (Å²) in [5, 5.41) is 0. The lowest BCUT2D eigenvalue weighted by Gasteiger charge is -2.27. The van der Waals surface area contributed by atoms with Crippen molar-refractivity contribution < 1.29 is 0 Å². The van der Waals surface area contributed by atoms with Crippen LogP contribution in [0.2, 0.25) is 0 Å². The number of hydrogen-bond acceptors (Lipinski definition) is 2. The highest BCUT2D eigenvalue weighted by Crippen LogP contribution is 2.07. The third-order valence-corrected chi connectivity index (χ3v) is 2.62. The number of nitrogens with zero attached hydrogens (tertiary/aromatic N) is 2. The van der Waals surface area contributed by atoms with Crippen molar-refractivity contribution in [3.05, 3.63) is 35.9 Å². The number of benzene rings is 1.